The Labute approximate surface area is 141 Å². The van der Waals surface area contributed by atoms with Crippen molar-refractivity contribution in [2.24, 2.45) is 5.92 Å². The quantitative estimate of drug-likeness (QED) is 0.723. The average molecular weight is 321 g/mol. The Bertz CT molecular complexity index is 827. The summed E-state index contributed by atoms with van der Waals surface area (Å²) in [5.41, 5.74) is 1.82. The van der Waals surface area contributed by atoms with Gasteiger partial charge in [0.05, 0.1) is 0 Å². The molecule has 0 aliphatic carbocycles. The molecule has 2 aromatic carbocycles. The van der Waals surface area contributed by atoms with Gasteiger partial charge in [0, 0.05) is 18.5 Å². The number of rotatable bonds is 3. The predicted octanol–water partition coefficient (Wildman–Crippen LogP) is 4.23. The molecule has 3 nitrogen and oxygen atoms in total. The van der Waals surface area contributed by atoms with Crippen LogP contribution < -0.4 is 4.90 Å². The van der Waals surface area contributed by atoms with E-state index < -0.39 is 0 Å². The van der Waals surface area contributed by atoms with Gasteiger partial charge in [-0.15, -0.1) is 0 Å². The molecule has 0 amide bonds. The third kappa shape index (κ3) is 2.96. The number of anilines is 1. The highest BCUT2D eigenvalue weighted by molar-refractivity contribution is 5.89. The molecule has 122 valence electrons. The molecule has 0 bridgehead atoms. The van der Waals surface area contributed by atoms with E-state index in [9.17, 15) is 4.39 Å². The highest BCUT2D eigenvalue weighted by Crippen LogP contribution is 2.29. The highest BCUT2D eigenvalue weighted by atomic mass is 19.1. The van der Waals surface area contributed by atoms with Gasteiger partial charge >= 0.3 is 0 Å². The molecule has 1 aromatic heterocycles. The van der Waals surface area contributed by atoms with E-state index in [0.717, 1.165) is 43.6 Å². The number of aromatic nitrogens is 2. The molecule has 0 spiro atoms. The van der Waals surface area contributed by atoms with Crippen molar-refractivity contribution in [3.05, 3.63) is 66.2 Å². The highest BCUT2D eigenvalue weighted by Gasteiger charge is 2.22. The Kier molecular flexibility index (Phi) is 4.11. The monoisotopic (exact) mass is 321 g/mol. The Morgan fingerprint density at radius 3 is 2.54 bits per heavy atom. The smallest absolute Gasteiger partial charge is 0.149 e. The largest absolute Gasteiger partial charge is 0.356 e. The summed E-state index contributed by atoms with van der Waals surface area (Å²) in [4.78, 5) is 10.8. The first kappa shape index (κ1) is 15.1. The molecule has 0 N–H and O–H groups in total. The molecular weight excluding hydrogens is 301 g/mol. The molecule has 1 aliphatic rings. The van der Waals surface area contributed by atoms with Gasteiger partial charge in [0.2, 0.25) is 0 Å². The summed E-state index contributed by atoms with van der Waals surface area (Å²) in [6.45, 7) is 1.92. The second kappa shape index (κ2) is 6.56. The van der Waals surface area contributed by atoms with Gasteiger partial charge in [0.15, 0.2) is 0 Å². The normalized spacial score (nSPS) is 15.8. The van der Waals surface area contributed by atoms with Crippen LogP contribution in [0.3, 0.4) is 0 Å². The molecule has 24 heavy (non-hydrogen) atoms. The van der Waals surface area contributed by atoms with Gasteiger partial charge in [0.1, 0.15) is 23.5 Å². The van der Waals surface area contributed by atoms with Crippen molar-refractivity contribution in [1.29, 1.82) is 0 Å². The Hall–Kier alpha value is -2.49. The molecule has 0 radical (unpaired) electrons. The minimum Gasteiger partial charge on any atom is -0.356 e. The van der Waals surface area contributed by atoms with Crippen LogP contribution in [0.25, 0.3) is 10.9 Å². The lowest BCUT2D eigenvalue weighted by molar-refractivity contribution is 0.402. The van der Waals surface area contributed by atoms with Crippen molar-refractivity contribution in [3.63, 3.8) is 0 Å². The summed E-state index contributed by atoms with van der Waals surface area (Å²) < 4.78 is 13.9. The summed E-state index contributed by atoms with van der Waals surface area (Å²) in [5, 5.41) is 0.805. The van der Waals surface area contributed by atoms with Crippen molar-refractivity contribution in [2.45, 2.75) is 19.3 Å². The number of hydrogen-bond donors (Lipinski definition) is 0. The fourth-order valence-electron chi connectivity index (χ4n) is 3.59. The number of fused-ring (bicyclic) bond motifs is 1. The van der Waals surface area contributed by atoms with Gasteiger partial charge in [-0.2, -0.15) is 0 Å². The van der Waals surface area contributed by atoms with Gasteiger partial charge in [-0.05, 0) is 42.9 Å². The summed E-state index contributed by atoms with van der Waals surface area (Å²) in [6, 6.07) is 15.8. The predicted molar refractivity (Wildman–Crippen MR) is 94.6 cm³/mol. The van der Waals surface area contributed by atoms with E-state index in [1.165, 1.54) is 18.0 Å². The van der Waals surface area contributed by atoms with E-state index in [-0.39, 0.29) is 5.82 Å². The van der Waals surface area contributed by atoms with E-state index in [1.54, 1.807) is 6.07 Å². The number of benzene rings is 2. The molecule has 2 heterocycles. The average Bonchev–Trinajstić information content (AvgIpc) is 2.63. The lowest BCUT2D eigenvalue weighted by atomic mass is 9.90. The maximum atomic E-state index is 13.9. The zero-order valence-electron chi connectivity index (χ0n) is 13.5. The van der Waals surface area contributed by atoms with E-state index in [2.05, 4.69) is 45.2 Å². The number of nitrogens with zero attached hydrogens (tertiary/aromatic N) is 3. The molecule has 4 heteroatoms. The Morgan fingerprint density at radius 2 is 1.75 bits per heavy atom. The van der Waals surface area contributed by atoms with Crippen molar-refractivity contribution in [2.75, 3.05) is 18.0 Å². The third-order valence-corrected chi connectivity index (χ3v) is 4.88. The van der Waals surface area contributed by atoms with Gasteiger partial charge in [0.25, 0.3) is 0 Å². The summed E-state index contributed by atoms with van der Waals surface area (Å²) >= 11 is 0. The van der Waals surface area contributed by atoms with E-state index in [1.807, 2.05) is 6.07 Å². The minimum absolute atomic E-state index is 0.282. The topological polar surface area (TPSA) is 29.0 Å². The summed E-state index contributed by atoms with van der Waals surface area (Å²) in [7, 11) is 0. The number of piperidine rings is 1. The van der Waals surface area contributed by atoms with Crippen LogP contribution in [-0.2, 0) is 6.42 Å². The van der Waals surface area contributed by atoms with E-state index in [0.29, 0.717) is 11.4 Å². The molecule has 0 saturated carbocycles. The molecule has 0 atom stereocenters. The van der Waals surface area contributed by atoms with E-state index >= 15 is 0 Å². The van der Waals surface area contributed by atoms with Crippen LogP contribution in [0.1, 0.15) is 18.4 Å². The van der Waals surface area contributed by atoms with E-state index in [4.69, 9.17) is 0 Å². The van der Waals surface area contributed by atoms with Crippen LogP contribution in [-0.4, -0.2) is 23.1 Å². The number of halogens is 1. The molecule has 1 saturated heterocycles. The number of para-hydroxylation sites is 1. The van der Waals surface area contributed by atoms with Crippen LogP contribution in [0, 0.1) is 11.7 Å². The van der Waals surface area contributed by atoms with Gasteiger partial charge in [-0.1, -0.05) is 36.4 Å². The molecule has 0 unspecified atom stereocenters. The van der Waals surface area contributed by atoms with Gasteiger partial charge in [-0.3, -0.25) is 0 Å². The minimum atomic E-state index is -0.282. The second-order valence-electron chi connectivity index (χ2n) is 6.45. The molecule has 3 aromatic rings. The fourth-order valence-corrected chi connectivity index (χ4v) is 3.59. The lowest BCUT2D eigenvalue weighted by Crippen LogP contribution is -2.35. The van der Waals surface area contributed by atoms with Crippen molar-refractivity contribution < 1.29 is 4.39 Å². The first-order valence-electron chi connectivity index (χ1n) is 8.49. The van der Waals surface area contributed by atoms with Gasteiger partial charge < -0.3 is 4.90 Å². The molecule has 1 fully saturated rings. The maximum absolute atomic E-state index is 13.9. The first-order chi connectivity index (χ1) is 11.8. The van der Waals surface area contributed by atoms with Crippen LogP contribution in [0.15, 0.2) is 54.9 Å². The molecular formula is C20H20FN3. The van der Waals surface area contributed by atoms with Crippen LogP contribution >= 0.6 is 0 Å². The SMILES string of the molecule is Fc1cccc2c(N3CCC(Cc4ccccc4)CC3)ncnc12. The maximum Gasteiger partial charge on any atom is 0.149 e. The second-order valence-corrected chi connectivity index (χ2v) is 6.45. The lowest BCUT2D eigenvalue weighted by Gasteiger charge is -2.33. The Balaban J connectivity index is 1.49. The van der Waals surface area contributed by atoms with Crippen LogP contribution in [0.5, 0.6) is 0 Å². The molecule has 1 aliphatic heterocycles. The zero-order chi connectivity index (χ0) is 16.4. The standard InChI is InChI=1S/C20H20FN3/c21-18-8-4-7-17-19(18)22-14-23-20(17)24-11-9-16(10-12-24)13-15-5-2-1-3-6-15/h1-8,14,16H,9-13H2. The van der Waals surface area contributed by atoms with Crippen molar-refractivity contribution in [1.82, 2.24) is 9.97 Å². The summed E-state index contributed by atoms with van der Waals surface area (Å²) in [6.07, 6.45) is 4.87. The first-order valence-corrected chi connectivity index (χ1v) is 8.49. The van der Waals surface area contributed by atoms with Gasteiger partial charge in [-0.25, -0.2) is 14.4 Å². The Morgan fingerprint density at radius 1 is 0.958 bits per heavy atom. The number of hydrogen-bond acceptors (Lipinski definition) is 3. The van der Waals surface area contributed by atoms with Crippen LogP contribution in [0.4, 0.5) is 10.2 Å². The fraction of sp³-hybridized carbons (Fsp3) is 0.300. The van der Waals surface area contributed by atoms with Crippen molar-refractivity contribution >= 4 is 16.7 Å². The third-order valence-electron chi connectivity index (χ3n) is 4.88. The molecule has 4 rings (SSSR count). The summed E-state index contributed by atoms with van der Waals surface area (Å²) in [5.74, 6) is 1.28. The van der Waals surface area contributed by atoms with Crippen molar-refractivity contribution in [3.8, 4) is 0 Å². The van der Waals surface area contributed by atoms with Crippen LogP contribution in [0.2, 0.25) is 0 Å². The zero-order valence-corrected chi connectivity index (χ0v) is 13.5.